The summed E-state index contributed by atoms with van der Waals surface area (Å²) in [6, 6.07) is 0. The standard InChI is InChI=1S/C12H23NO/c1-3-12(8-14-9-12)10(2)11-4-6-13-7-5-11/h10-11,13H,3-9H2,1-2H3. The van der Waals surface area contributed by atoms with E-state index in [4.69, 9.17) is 4.74 Å². The van der Waals surface area contributed by atoms with Gasteiger partial charge in [0.2, 0.25) is 0 Å². The lowest BCUT2D eigenvalue weighted by Gasteiger charge is -2.49. The van der Waals surface area contributed by atoms with Gasteiger partial charge in [-0.25, -0.2) is 0 Å². The van der Waals surface area contributed by atoms with Crippen molar-refractivity contribution in [2.45, 2.75) is 33.1 Å². The van der Waals surface area contributed by atoms with Crippen LogP contribution in [-0.2, 0) is 4.74 Å². The van der Waals surface area contributed by atoms with Gasteiger partial charge >= 0.3 is 0 Å². The SMILES string of the molecule is CCC1(C(C)C2CCNCC2)COC1. The average Bonchev–Trinajstić information content (AvgIpc) is 2.18. The lowest BCUT2D eigenvalue weighted by Crippen LogP contribution is -2.50. The van der Waals surface area contributed by atoms with Crippen molar-refractivity contribution in [1.29, 1.82) is 0 Å². The largest absolute Gasteiger partial charge is 0.380 e. The lowest BCUT2D eigenvalue weighted by molar-refractivity contribution is -0.157. The smallest absolute Gasteiger partial charge is 0.0547 e. The lowest BCUT2D eigenvalue weighted by atomic mass is 9.65. The van der Waals surface area contributed by atoms with Gasteiger partial charge in [-0.05, 0) is 44.2 Å². The summed E-state index contributed by atoms with van der Waals surface area (Å²) in [4.78, 5) is 0. The molecule has 0 spiro atoms. The summed E-state index contributed by atoms with van der Waals surface area (Å²) in [6.07, 6.45) is 4.02. The van der Waals surface area contributed by atoms with E-state index in [9.17, 15) is 0 Å². The van der Waals surface area contributed by atoms with Crippen LogP contribution in [0.25, 0.3) is 0 Å². The van der Waals surface area contributed by atoms with Crippen LogP contribution >= 0.6 is 0 Å². The Labute approximate surface area is 87.4 Å². The van der Waals surface area contributed by atoms with E-state index in [2.05, 4.69) is 19.2 Å². The van der Waals surface area contributed by atoms with E-state index in [1.165, 1.54) is 32.4 Å². The summed E-state index contributed by atoms with van der Waals surface area (Å²) in [6.45, 7) is 9.22. The van der Waals surface area contributed by atoms with Crippen LogP contribution in [0.5, 0.6) is 0 Å². The second kappa shape index (κ2) is 4.19. The van der Waals surface area contributed by atoms with Crippen molar-refractivity contribution in [3.63, 3.8) is 0 Å². The summed E-state index contributed by atoms with van der Waals surface area (Å²) < 4.78 is 5.43. The van der Waals surface area contributed by atoms with Gasteiger partial charge in [-0.2, -0.15) is 0 Å². The third-order valence-corrected chi connectivity index (χ3v) is 4.54. The molecule has 1 N–H and O–H groups in total. The summed E-state index contributed by atoms with van der Waals surface area (Å²) in [5.74, 6) is 1.78. The van der Waals surface area contributed by atoms with Crippen molar-refractivity contribution in [3.05, 3.63) is 0 Å². The topological polar surface area (TPSA) is 21.3 Å². The van der Waals surface area contributed by atoms with Crippen LogP contribution in [0.3, 0.4) is 0 Å². The number of nitrogens with one attached hydrogen (secondary N) is 1. The first-order chi connectivity index (χ1) is 6.78. The predicted octanol–water partition coefficient (Wildman–Crippen LogP) is 2.05. The van der Waals surface area contributed by atoms with E-state index in [1.807, 2.05) is 0 Å². The number of ether oxygens (including phenoxy) is 1. The van der Waals surface area contributed by atoms with Gasteiger partial charge in [0.25, 0.3) is 0 Å². The van der Waals surface area contributed by atoms with Crippen LogP contribution in [0.4, 0.5) is 0 Å². The highest BCUT2D eigenvalue weighted by atomic mass is 16.5. The quantitative estimate of drug-likeness (QED) is 0.747. The summed E-state index contributed by atoms with van der Waals surface area (Å²) in [5, 5.41) is 3.44. The highest BCUT2D eigenvalue weighted by Gasteiger charge is 2.44. The molecule has 0 bridgehead atoms. The first-order valence-electron chi connectivity index (χ1n) is 6.07. The molecule has 2 heteroatoms. The van der Waals surface area contributed by atoms with Crippen LogP contribution in [0, 0.1) is 17.3 Å². The highest BCUT2D eigenvalue weighted by Crippen LogP contribution is 2.44. The summed E-state index contributed by atoms with van der Waals surface area (Å²) in [5.41, 5.74) is 0.530. The molecule has 0 aromatic heterocycles. The van der Waals surface area contributed by atoms with Gasteiger partial charge in [0, 0.05) is 5.41 Å². The molecule has 2 aliphatic heterocycles. The monoisotopic (exact) mass is 197 g/mol. The van der Waals surface area contributed by atoms with Gasteiger partial charge in [-0.3, -0.25) is 0 Å². The molecule has 2 rings (SSSR count). The maximum atomic E-state index is 5.43. The number of hydrogen-bond donors (Lipinski definition) is 1. The van der Waals surface area contributed by atoms with E-state index in [1.54, 1.807) is 0 Å². The van der Waals surface area contributed by atoms with Crippen LogP contribution in [0.1, 0.15) is 33.1 Å². The molecule has 1 atom stereocenters. The maximum Gasteiger partial charge on any atom is 0.0547 e. The van der Waals surface area contributed by atoms with Gasteiger partial charge < -0.3 is 10.1 Å². The van der Waals surface area contributed by atoms with Crippen molar-refractivity contribution in [2.24, 2.45) is 17.3 Å². The molecule has 0 saturated carbocycles. The molecule has 0 aromatic rings. The first kappa shape index (κ1) is 10.4. The fourth-order valence-electron chi connectivity index (χ4n) is 3.00. The zero-order valence-corrected chi connectivity index (χ0v) is 9.51. The molecule has 82 valence electrons. The molecule has 0 amide bonds. The molecular formula is C12H23NO. The van der Waals surface area contributed by atoms with Crippen molar-refractivity contribution < 1.29 is 4.74 Å². The maximum absolute atomic E-state index is 5.43. The normalized spacial score (nSPS) is 29.6. The number of piperidine rings is 1. The van der Waals surface area contributed by atoms with Crippen molar-refractivity contribution in [3.8, 4) is 0 Å². The molecule has 2 fully saturated rings. The highest BCUT2D eigenvalue weighted by molar-refractivity contribution is 4.92. The fraction of sp³-hybridized carbons (Fsp3) is 1.00. The molecule has 0 aromatic carbocycles. The van der Waals surface area contributed by atoms with E-state index >= 15 is 0 Å². The van der Waals surface area contributed by atoms with Crippen LogP contribution in [-0.4, -0.2) is 26.3 Å². The Morgan fingerprint density at radius 3 is 2.43 bits per heavy atom. The Balaban J connectivity index is 1.94. The average molecular weight is 197 g/mol. The van der Waals surface area contributed by atoms with Gasteiger partial charge in [0.05, 0.1) is 13.2 Å². The van der Waals surface area contributed by atoms with Crippen molar-refractivity contribution in [2.75, 3.05) is 26.3 Å². The fourth-order valence-corrected chi connectivity index (χ4v) is 3.00. The minimum absolute atomic E-state index is 0.530. The van der Waals surface area contributed by atoms with Crippen molar-refractivity contribution >= 4 is 0 Å². The first-order valence-corrected chi connectivity index (χ1v) is 6.07. The minimum Gasteiger partial charge on any atom is -0.380 e. The summed E-state index contributed by atoms with van der Waals surface area (Å²) in [7, 11) is 0. The van der Waals surface area contributed by atoms with E-state index in [-0.39, 0.29) is 0 Å². The Morgan fingerprint density at radius 2 is 2.00 bits per heavy atom. The Kier molecular flexibility index (Phi) is 3.13. The van der Waals surface area contributed by atoms with Crippen LogP contribution < -0.4 is 5.32 Å². The zero-order valence-electron chi connectivity index (χ0n) is 9.51. The molecule has 2 saturated heterocycles. The predicted molar refractivity (Wildman–Crippen MR) is 58.3 cm³/mol. The molecule has 0 aliphatic carbocycles. The Hall–Kier alpha value is -0.0800. The Morgan fingerprint density at radius 1 is 1.36 bits per heavy atom. The van der Waals surface area contributed by atoms with E-state index < -0.39 is 0 Å². The van der Waals surface area contributed by atoms with Gasteiger partial charge in [-0.1, -0.05) is 13.8 Å². The molecule has 14 heavy (non-hydrogen) atoms. The van der Waals surface area contributed by atoms with Gasteiger partial charge in [-0.15, -0.1) is 0 Å². The Bertz CT molecular complexity index is 177. The van der Waals surface area contributed by atoms with Gasteiger partial charge in [0.1, 0.15) is 0 Å². The molecule has 2 aliphatic rings. The van der Waals surface area contributed by atoms with Gasteiger partial charge in [0.15, 0.2) is 0 Å². The van der Waals surface area contributed by atoms with Crippen molar-refractivity contribution in [1.82, 2.24) is 5.32 Å². The number of rotatable bonds is 3. The molecule has 2 heterocycles. The minimum atomic E-state index is 0.530. The molecule has 0 radical (unpaired) electrons. The summed E-state index contributed by atoms with van der Waals surface area (Å²) >= 11 is 0. The molecule has 2 nitrogen and oxygen atoms in total. The zero-order chi connectivity index (χ0) is 10.0. The molecular weight excluding hydrogens is 174 g/mol. The van der Waals surface area contributed by atoms with E-state index in [0.717, 1.165) is 25.0 Å². The van der Waals surface area contributed by atoms with Crippen LogP contribution in [0.2, 0.25) is 0 Å². The van der Waals surface area contributed by atoms with Crippen LogP contribution in [0.15, 0.2) is 0 Å². The molecule has 1 unspecified atom stereocenters. The second-order valence-electron chi connectivity index (χ2n) is 5.08. The number of hydrogen-bond acceptors (Lipinski definition) is 2. The third-order valence-electron chi connectivity index (χ3n) is 4.54. The second-order valence-corrected chi connectivity index (χ2v) is 5.08. The van der Waals surface area contributed by atoms with E-state index in [0.29, 0.717) is 5.41 Å². The third kappa shape index (κ3) is 1.70.